The molecule has 4 aromatic carbocycles. The minimum Gasteiger partial charge on any atom is -0.346 e. The van der Waals surface area contributed by atoms with Gasteiger partial charge in [0.15, 0.2) is 17.5 Å². The highest BCUT2D eigenvalue weighted by Crippen LogP contribution is 2.45. The third kappa shape index (κ3) is 4.55. The standard InChI is InChI=1S/C48H52N8/c1-17-18(2)26(10)34-33(25(17)9)41-49-42(34)54-44-37-29(13)21(5)22(6)30(14)38(37)46(51-44)56-48-40-32(16)24(8)23(7)31(15)39(40)47(52-48)55-45-36-28(12)20(4)19(3)27(11)35(36)43(50-45)53-41/h41,50,53H,1-16H3,(H,49,51,52,54,55,56). The number of aryl methyl sites for hydroxylation is 4. The molecule has 6 aromatic rings. The summed E-state index contributed by atoms with van der Waals surface area (Å²) in [6.45, 7) is 35.4. The van der Waals surface area contributed by atoms with E-state index in [9.17, 15) is 0 Å². The highest BCUT2D eigenvalue weighted by atomic mass is 15.2. The molecule has 0 saturated carbocycles. The van der Waals surface area contributed by atoms with Crippen LogP contribution in [0, 0.1) is 111 Å². The molecule has 56 heavy (non-hydrogen) atoms. The third-order valence-electron chi connectivity index (χ3n) is 14.6. The average molecular weight is 741 g/mol. The Labute approximate surface area is 329 Å². The molecule has 2 aromatic heterocycles. The number of fused-ring (bicyclic) bond motifs is 18. The number of aromatic amines is 2. The van der Waals surface area contributed by atoms with Gasteiger partial charge in [-0.25, -0.2) is 25.0 Å². The number of anilines is 1. The van der Waals surface area contributed by atoms with E-state index in [0.717, 1.165) is 66.7 Å². The number of amidine groups is 3. The van der Waals surface area contributed by atoms with Crippen molar-refractivity contribution >= 4 is 50.7 Å². The number of H-pyrrole nitrogens is 2. The first-order valence-corrected chi connectivity index (χ1v) is 19.8. The van der Waals surface area contributed by atoms with Crippen LogP contribution in [0.25, 0.3) is 21.5 Å². The molecule has 3 N–H and O–H groups in total. The summed E-state index contributed by atoms with van der Waals surface area (Å²) in [5.74, 6) is 3.73. The Hall–Kier alpha value is -5.63. The summed E-state index contributed by atoms with van der Waals surface area (Å²) in [4.78, 5) is 34.9. The van der Waals surface area contributed by atoms with Crippen molar-refractivity contribution in [1.82, 2.24) is 9.97 Å². The molecular formula is C48H52N8. The third-order valence-corrected chi connectivity index (χ3v) is 14.6. The Morgan fingerprint density at radius 2 is 0.750 bits per heavy atom. The van der Waals surface area contributed by atoms with Crippen molar-refractivity contribution in [2.75, 3.05) is 5.32 Å². The summed E-state index contributed by atoms with van der Waals surface area (Å²) in [7, 11) is 0. The number of nitrogens with one attached hydrogen (secondary N) is 3. The van der Waals surface area contributed by atoms with Gasteiger partial charge in [-0.05, 0) is 200 Å². The molecule has 0 aliphatic carbocycles. The van der Waals surface area contributed by atoms with Gasteiger partial charge in [0.2, 0.25) is 0 Å². The summed E-state index contributed by atoms with van der Waals surface area (Å²) < 4.78 is 0. The molecule has 8 heteroatoms. The summed E-state index contributed by atoms with van der Waals surface area (Å²) >= 11 is 0. The molecule has 1 unspecified atom stereocenters. The number of hydrogen-bond acceptors (Lipinski definition) is 6. The molecule has 0 saturated heterocycles. The van der Waals surface area contributed by atoms with Crippen molar-refractivity contribution in [2.45, 2.75) is 117 Å². The van der Waals surface area contributed by atoms with E-state index in [4.69, 9.17) is 25.0 Å². The molecule has 9 rings (SSSR count). The largest absolute Gasteiger partial charge is 0.346 e. The first-order chi connectivity index (χ1) is 26.4. The number of nitrogens with zero attached hydrogens (tertiary/aromatic N) is 5. The van der Waals surface area contributed by atoms with Crippen LogP contribution in [0.15, 0.2) is 25.0 Å². The fourth-order valence-electron chi connectivity index (χ4n) is 9.78. The van der Waals surface area contributed by atoms with Gasteiger partial charge in [-0.1, -0.05) is 0 Å². The van der Waals surface area contributed by atoms with E-state index in [-0.39, 0.29) is 6.17 Å². The molecule has 1 atom stereocenters. The maximum absolute atomic E-state index is 5.52. The second kappa shape index (κ2) is 11.9. The van der Waals surface area contributed by atoms with Gasteiger partial charge in [0, 0.05) is 43.8 Å². The second-order valence-corrected chi connectivity index (χ2v) is 16.8. The molecule has 3 aliphatic rings. The van der Waals surface area contributed by atoms with Crippen molar-refractivity contribution in [3.8, 4) is 0 Å². The molecule has 8 bridgehead atoms. The SMILES string of the molecule is Cc1c(C)c(C)c2c(c1C)C1=N/C2=N\c2[nH]c(c3c(C)c(C)c(C)c(C)c23)NC2N=C(N=c3[nH]c(c4c(C)c(C)c(C)c(C)c34)=N1)c1c(C)c(C)c(C)c(C)c12. The Bertz CT molecular complexity index is 3100. The monoisotopic (exact) mass is 740 g/mol. The average Bonchev–Trinajstić information content (AvgIpc) is 3.92. The van der Waals surface area contributed by atoms with Crippen LogP contribution < -0.4 is 16.3 Å². The maximum Gasteiger partial charge on any atom is 0.165 e. The van der Waals surface area contributed by atoms with Crippen LogP contribution in [0.2, 0.25) is 0 Å². The zero-order valence-corrected chi connectivity index (χ0v) is 35.8. The van der Waals surface area contributed by atoms with Crippen molar-refractivity contribution in [2.24, 2.45) is 25.0 Å². The summed E-state index contributed by atoms with van der Waals surface area (Å²) in [5.41, 5.74) is 25.6. The molecule has 8 nitrogen and oxygen atoms in total. The van der Waals surface area contributed by atoms with Gasteiger partial charge >= 0.3 is 0 Å². The van der Waals surface area contributed by atoms with Gasteiger partial charge < -0.3 is 15.3 Å². The van der Waals surface area contributed by atoms with Crippen molar-refractivity contribution in [3.05, 3.63) is 122 Å². The second-order valence-electron chi connectivity index (χ2n) is 16.8. The van der Waals surface area contributed by atoms with E-state index in [1.807, 2.05) is 0 Å². The van der Waals surface area contributed by atoms with Gasteiger partial charge in [0.05, 0.1) is 0 Å². The van der Waals surface area contributed by atoms with Crippen LogP contribution >= 0.6 is 0 Å². The number of rotatable bonds is 0. The van der Waals surface area contributed by atoms with Gasteiger partial charge in [0.1, 0.15) is 28.8 Å². The quantitative estimate of drug-likeness (QED) is 0.142. The highest BCUT2D eigenvalue weighted by Gasteiger charge is 2.34. The van der Waals surface area contributed by atoms with E-state index < -0.39 is 0 Å². The first-order valence-electron chi connectivity index (χ1n) is 19.8. The van der Waals surface area contributed by atoms with Gasteiger partial charge in [-0.15, -0.1) is 0 Å². The van der Waals surface area contributed by atoms with E-state index in [2.05, 4.69) is 126 Å². The lowest BCUT2D eigenvalue weighted by Crippen LogP contribution is -2.16. The Balaban J connectivity index is 1.51. The summed E-state index contributed by atoms with van der Waals surface area (Å²) in [5, 5.41) is 8.31. The fraction of sp³-hybridized carbons (Fsp3) is 0.354. The number of aromatic nitrogens is 2. The molecule has 0 amide bonds. The van der Waals surface area contributed by atoms with Crippen LogP contribution in [0.4, 0.5) is 11.6 Å². The zero-order valence-electron chi connectivity index (χ0n) is 35.8. The van der Waals surface area contributed by atoms with Gasteiger partial charge in [-0.3, -0.25) is 0 Å². The Kier molecular flexibility index (Phi) is 7.68. The minimum absolute atomic E-state index is 0.372. The lowest BCUT2D eigenvalue weighted by molar-refractivity contribution is 0.841. The molecule has 3 aliphatic heterocycles. The van der Waals surface area contributed by atoms with Crippen LogP contribution in [-0.4, -0.2) is 27.5 Å². The fourth-order valence-corrected chi connectivity index (χ4v) is 9.78. The molecular weight excluding hydrogens is 689 g/mol. The lowest BCUT2D eigenvalue weighted by atomic mass is 9.88. The molecule has 5 heterocycles. The van der Waals surface area contributed by atoms with E-state index in [1.165, 1.54) is 94.6 Å². The van der Waals surface area contributed by atoms with Crippen molar-refractivity contribution in [1.29, 1.82) is 0 Å². The highest BCUT2D eigenvalue weighted by molar-refractivity contribution is 6.25. The summed E-state index contributed by atoms with van der Waals surface area (Å²) in [6, 6.07) is 0. The predicted octanol–water partition coefficient (Wildman–Crippen LogP) is 10.2. The van der Waals surface area contributed by atoms with E-state index in [0.29, 0.717) is 11.7 Å². The van der Waals surface area contributed by atoms with Gasteiger partial charge in [-0.2, -0.15) is 0 Å². The van der Waals surface area contributed by atoms with Crippen LogP contribution in [0.5, 0.6) is 0 Å². The Morgan fingerprint density at radius 1 is 0.339 bits per heavy atom. The predicted molar refractivity (Wildman–Crippen MR) is 233 cm³/mol. The minimum atomic E-state index is -0.372. The molecule has 0 radical (unpaired) electrons. The molecule has 0 fully saturated rings. The first kappa shape index (κ1) is 36.0. The van der Waals surface area contributed by atoms with Crippen LogP contribution in [0.3, 0.4) is 0 Å². The topological polar surface area (TPSA) is 105 Å². The number of benzene rings is 4. The van der Waals surface area contributed by atoms with Gasteiger partial charge in [0.25, 0.3) is 0 Å². The zero-order chi connectivity index (χ0) is 40.1. The van der Waals surface area contributed by atoms with E-state index >= 15 is 0 Å². The smallest absolute Gasteiger partial charge is 0.165 e. The van der Waals surface area contributed by atoms with Crippen LogP contribution in [0.1, 0.15) is 117 Å². The van der Waals surface area contributed by atoms with E-state index in [1.54, 1.807) is 0 Å². The Morgan fingerprint density at radius 3 is 1.29 bits per heavy atom. The molecule has 0 spiro atoms. The maximum atomic E-state index is 5.52. The van der Waals surface area contributed by atoms with Crippen molar-refractivity contribution < 1.29 is 0 Å². The normalized spacial score (nSPS) is 16.6. The van der Waals surface area contributed by atoms with Crippen molar-refractivity contribution in [3.63, 3.8) is 0 Å². The van der Waals surface area contributed by atoms with Crippen LogP contribution in [-0.2, 0) is 0 Å². The lowest BCUT2D eigenvalue weighted by Gasteiger charge is -2.20. The summed E-state index contributed by atoms with van der Waals surface area (Å²) in [6.07, 6.45) is -0.372. The number of aliphatic imine (C=N–C) groups is 3. The molecule has 284 valence electrons. The number of hydrogen-bond donors (Lipinski definition) is 3.